The maximum atomic E-state index is 12.4. The van der Waals surface area contributed by atoms with Crippen molar-refractivity contribution in [1.82, 2.24) is 9.55 Å². The fourth-order valence-electron chi connectivity index (χ4n) is 2.80. The minimum absolute atomic E-state index is 0.0604. The average molecular weight is 396 g/mol. The van der Waals surface area contributed by atoms with Gasteiger partial charge in [0.05, 0.1) is 11.2 Å². The number of anilines is 1. The number of aromatic nitrogens is 2. The first-order valence-corrected chi connectivity index (χ1v) is 9.45. The van der Waals surface area contributed by atoms with Gasteiger partial charge in [-0.05, 0) is 24.3 Å². The highest BCUT2D eigenvalue weighted by molar-refractivity contribution is 7.14. The highest BCUT2D eigenvalue weighted by Gasteiger charge is 2.10. The molecule has 0 fully saturated rings. The lowest BCUT2D eigenvalue weighted by Crippen LogP contribution is -2.20. The summed E-state index contributed by atoms with van der Waals surface area (Å²) < 4.78 is 1.75. The standard InChI is InChI=1S/C20H14ClN3O2S/c21-14-7-5-13(6-8-14)16-12-27-20(22-16)23-19(26)11-24-10-9-18(25)15-3-1-2-4-17(15)24/h1-10,12H,11H2,(H,22,23,26). The van der Waals surface area contributed by atoms with Crippen LogP contribution in [0.4, 0.5) is 5.13 Å². The molecule has 0 spiro atoms. The van der Waals surface area contributed by atoms with E-state index in [9.17, 15) is 9.59 Å². The van der Waals surface area contributed by atoms with Crippen LogP contribution in [-0.4, -0.2) is 15.5 Å². The Bertz CT molecular complexity index is 1180. The summed E-state index contributed by atoms with van der Waals surface area (Å²) in [5.74, 6) is -0.208. The molecule has 0 unspecified atom stereocenters. The van der Waals surface area contributed by atoms with Gasteiger partial charge in [0.15, 0.2) is 10.6 Å². The molecule has 1 amide bonds. The van der Waals surface area contributed by atoms with Crippen molar-refractivity contribution in [2.75, 3.05) is 5.32 Å². The Hall–Kier alpha value is -2.96. The molecule has 1 N–H and O–H groups in total. The lowest BCUT2D eigenvalue weighted by Gasteiger charge is -2.09. The van der Waals surface area contributed by atoms with E-state index in [1.54, 1.807) is 29.0 Å². The van der Waals surface area contributed by atoms with Gasteiger partial charge in [0, 0.05) is 33.6 Å². The largest absolute Gasteiger partial charge is 0.338 e. The Morgan fingerprint density at radius 1 is 1.11 bits per heavy atom. The molecule has 2 heterocycles. The molecular formula is C20H14ClN3O2S. The molecule has 27 heavy (non-hydrogen) atoms. The van der Waals surface area contributed by atoms with Crippen molar-refractivity contribution >= 4 is 44.9 Å². The molecular weight excluding hydrogens is 382 g/mol. The Balaban J connectivity index is 1.52. The molecule has 4 aromatic rings. The van der Waals surface area contributed by atoms with E-state index in [0.717, 1.165) is 16.8 Å². The summed E-state index contributed by atoms with van der Waals surface area (Å²) in [6.45, 7) is 0.0939. The lowest BCUT2D eigenvalue weighted by atomic mass is 10.2. The van der Waals surface area contributed by atoms with Gasteiger partial charge in [-0.15, -0.1) is 11.3 Å². The van der Waals surface area contributed by atoms with E-state index in [4.69, 9.17) is 11.6 Å². The van der Waals surface area contributed by atoms with Gasteiger partial charge in [0.1, 0.15) is 6.54 Å². The number of fused-ring (bicyclic) bond motifs is 1. The van der Waals surface area contributed by atoms with Crippen LogP contribution < -0.4 is 10.7 Å². The highest BCUT2D eigenvalue weighted by atomic mass is 35.5. The van der Waals surface area contributed by atoms with Crippen molar-refractivity contribution in [3.05, 3.63) is 81.4 Å². The number of carbonyl (C=O) groups is 1. The number of hydrogen-bond acceptors (Lipinski definition) is 4. The molecule has 5 nitrogen and oxygen atoms in total. The minimum atomic E-state index is -0.208. The van der Waals surface area contributed by atoms with E-state index < -0.39 is 0 Å². The van der Waals surface area contributed by atoms with Gasteiger partial charge in [-0.2, -0.15) is 0 Å². The van der Waals surface area contributed by atoms with E-state index >= 15 is 0 Å². The Kier molecular flexibility index (Phi) is 4.75. The highest BCUT2D eigenvalue weighted by Crippen LogP contribution is 2.26. The van der Waals surface area contributed by atoms with Gasteiger partial charge in [-0.3, -0.25) is 9.59 Å². The van der Waals surface area contributed by atoms with Gasteiger partial charge in [-0.25, -0.2) is 4.98 Å². The maximum absolute atomic E-state index is 12.4. The first kappa shape index (κ1) is 17.5. The topological polar surface area (TPSA) is 64.0 Å². The number of para-hydroxylation sites is 1. The second kappa shape index (κ2) is 7.34. The van der Waals surface area contributed by atoms with Crippen LogP contribution in [0.1, 0.15) is 0 Å². The Morgan fingerprint density at radius 3 is 2.70 bits per heavy atom. The zero-order valence-electron chi connectivity index (χ0n) is 14.1. The summed E-state index contributed by atoms with van der Waals surface area (Å²) in [5.41, 5.74) is 2.37. The monoisotopic (exact) mass is 395 g/mol. The number of hydrogen-bond donors (Lipinski definition) is 1. The van der Waals surface area contributed by atoms with Gasteiger partial charge in [0.25, 0.3) is 0 Å². The lowest BCUT2D eigenvalue weighted by molar-refractivity contribution is -0.116. The zero-order chi connectivity index (χ0) is 18.8. The van der Waals surface area contributed by atoms with E-state index in [1.165, 1.54) is 17.4 Å². The second-order valence-electron chi connectivity index (χ2n) is 5.92. The first-order valence-electron chi connectivity index (χ1n) is 8.20. The van der Waals surface area contributed by atoms with Crippen LogP contribution in [0.2, 0.25) is 5.02 Å². The fraction of sp³-hybridized carbons (Fsp3) is 0.0500. The molecule has 0 saturated heterocycles. The average Bonchev–Trinajstić information content (AvgIpc) is 3.13. The van der Waals surface area contributed by atoms with Crippen molar-refractivity contribution in [3.8, 4) is 11.3 Å². The molecule has 0 atom stereocenters. The first-order chi connectivity index (χ1) is 13.1. The molecule has 0 bridgehead atoms. The van der Waals surface area contributed by atoms with E-state index in [1.807, 2.05) is 35.7 Å². The second-order valence-corrected chi connectivity index (χ2v) is 7.21. The molecule has 0 saturated carbocycles. The molecule has 0 aliphatic rings. The number of rotatable bonds is 4. The third-order valence-electron chi connectivity index (χ3n) is 4.09. The number of pyridine rings is 1. The molecule has 2 aromatic carbocycles. The van der Waals surface area contributed by atoms with Crippen molar-refractivity contribution in [3.63, 3.8) is 0 Å². The fourth-order valence-corrected chi connectivity index (χ4v) is 3.66. The molecule has 7 heteroatoms. The quantitative estimate of drug-likeness (QED) is 0.556. The molecule has 2 aromatic heterocycles. The normalized spacial score (nSPS) is 10.9. The number of benzene rings is 2. The molecule has 0 aliphatic heterocycles. The van der Waals surface area contributed by atoms with Crippen LogP contribution in [0.5, 0.6) is 0 Å². The van der Waals surface area contributed by atoms with Crippen LogP contribution in [0.15, 0.2) is 71.0 Å². The van der Waals surface area contributed by atoms with E-state index in [-0.39, 0.29) is 17.9 Å². The zero-order valence-corrected chi connectivity index (χ0v) is 15.6. The van der Waals surface area contributed by atoms with Crippen molar-refractivity contribution in [2.45, 2.75) is 6.54 Å². The summed E-state index contributed by atoms with van der Waals surface area (Å²) in [7, 11) is 0. The molecule has 0 radical (unpaired) electrons. The minimum Gasteiger partial charge on any atom is -0.338 e. The summed E-state index contributed by atoms with van der Waals surface area (Å²) in [5, 5.41) is 6.47. The number of amides is 1. The van der Waals surface area contributed by atoms with Gasteiger partial charge < -0.3 is 9.88 Å². The molecule has 4 rings (SSSR count). The van der Waals surface area contributed by atoms with Gasteiger partial charge in [0.2, 0.25) is 5.91 Å². The summed E-state index contributed by atoms with van der Waals surface area (Å²) in [6.07, 6.45) is 1.63. The summed E-state index contributed by atoms with van der Waals surface area (Å²) in [6, 6.07) is 16.1. The van der Waals surface area contributed by atoms with Crippen molar-refractivity contribution in [1.29, 1.82) is 0 Å². The smallest absolute Gasteiger partial charge is 0.246 e. The van der Waals surface area contributed by atoms with Crippen molar-refractivity contribution < 1.29 is 4.79 Å². The van der Waals surface area contributed by atoms with E-state index in [0.29, 0.717) is 15.5 Å². The van der Waals surface area contributed by atoms with E-state index in [2.05, 4.69) is 10.3 Å². The third-order valence-corrected chi connectivity index (χ3v) is 5.10. The van der Waals surface area contributed by atoms with Crippen LogP contribution in [0.25, 0.3) is 22.2 Å². The maximum Gasteiger partial charge on any atom is 0.246 e. The Morgan fingerprint density at radius 2 is 1.89 bits per heavy atom. The Labute approximate surface area is 163 Å². The third kappa shape index (κ3) is 3.77. The number of nitrogens with zero attached hydrogens (tertiary/aromatic N) is 2. The predicted molar refractivity (Wildman–Crippen MR) is 109 cm³/mol. The molecule has 134 valence electrons. The van der Waals surface area contributed by atoms with Crippen LogP contribution in [-0.2, 0) is 11.3 Å². The molecule has 0 aliphatic carbocycles. The van der Waals surface area contributed by atoms with Gasteiger partial charge in [-0.1, -0.05) is 35.9 Å². The predicted octanol–water partition coefficient (Wildman–Crippen LogP) is 4.42. The SMILES string of the molecule is O=C(Cn1ccc(=O)c2ccccc21)Nc1nc(-c2ccc(Cl)cc2)cs1. The summed E-state index contributed by atoms with van der Waals surface area (Å²) in [4.78, 5) is 28.8. The van der Waals surface area contributed by atoms with Crippen LogP contribution in [0.3, 0.4) is 0 Å². The summed E-state index contributed by atoms with van der Waals surface area (Å²) >= 11 is 7.26. The van der Waals surface area contributed by atoms with Crippen LogP contribution >= 0.6 is 22.9 Å². The number of halogens is 1. The number of nitrogens with one attached hydrogen (secondary N) is 1. The number of thiazole rings is 1. The van der Waals surface area contributed by atoms with Crippen LogP contribution in [0, 0.1) is 0 Å². The van der Waals surface area contributed by atoms with Gasteiger partial charge >= 0.3 is 0 Å². The number of carbonyl (C=O) groups excluding carboxylic acids is 1. The van der Waals surface area contributed by atoms with Crippen molar-refractivity contribution in [2.24, 2.45) is 0 Å².